The highest BCUT2D eigenvalue weighted by molar-refractivity contribution is 7.98. The van der Waals surface area contributed by atoms with Gasteiger partial charge in [-0.2, -0.15) is 19.9 Å². The van der Waals surface area contributed by atoms with E-state index in [1.807, 2.05) is 37.1 Å². The van der Waals surface area contributed by atoms with Gasteiger partial charge in [0.25, 0.3) is 0 Å². The molecule has 0 bridgehead atoms. The molecule has 0 aliphatic rings. The molecule has 146 valence electrons. The van der Waals surface area contributed by atoms with E-state index in [-0.39, 0.29) is 6.01 Å². The van der Waals surface area contributed by atoms with Crippen LogP contribution in [0.3, 0.4) is 0 Å². The third kappa shape index (κ3) is 5.63. The van der Waals surface area contributed by atoms with Gasteiger partial charge in [0.2, 0.25) is 11.8 Å². The van der Waals surface area contributed by atoms with E-state index in [4.69, 9.17) is 4.74 Å². The fraction of sp³-hybridized carbons (Fsp3) is 0.350. The predicted molar refractivity (Wildman–Crippen MR) is 111 cm³/mol. The molecule has 0 spiro atoms. The lowest BCUT2D eigenvalue weighted by atomic mass is 10.2. The first-order valence-corrected chi connectivity index (χ1v) is 10.3. The van der Waals surface area contributed by atoms with Gasteiger partial charge in [-0.1, -0.05) is 55.9 Å². The molecule has 0 aliphatic heterocycles. The SMILES string of the molecule is CCCN(C)c1nc(CC)nc(Oc2ccnc(SCc3ccccc3)n2)n1. The van der Waals surface area contributed by atoms with E-state index in [1.165, 1.54) is 5.56 Å². The molecule has 0 saturated carbocycles. The van der Waals surface area contributed by atoms with Crippen molar-refractivity contribution in [1.82, 2.24) is 24.9 Å². The first-order chi connectivity index (χ1) is 13.7. The summed E-state index contributed by atoms with van der Waals surface area (Å²) in [5, 5.41) is 0.648. The Balaban J connectivity index is 1.73. The molecule has 0 amide bonds. The minimum atomic E-state index is 0.252. The first-order valence-electron chi connectivity index (χ1n) is 9.31. The predicted octanol–water partition coefficient (Wildman–Crippen LogP) is 4.15. The average molecular weight is 397 g/mol. The van der Waals surface area contributed by atoms with Crippen LogP contribution >= 0.6 is 11.8 Å². The first kappa shape index (κ1) is 20.0. The minimum Gasteiger partial charge on any atom is -0.405 e. The van der Waals surface area contributed by atoms with Gasteiger partial charge in [-0.05, 0) is 12.0 Å². The van der Waals surface area contributed by atoms with Crippen LogP contribution in [0.1, 0.15) is 31.7 Å². The quantitative estimate of drug-likeness (QED) is 0.394. The summed E-state index contributed by atoms with van der Waals surface area (Å²) in [4.78, 5) is 24.1. The number of aromatic nitrogens is 5. The van der Waals surface area contributed by atoms with Gasteiger partial charge in [-0.15, -0.1) is 0 Å². The van der Waals surface area contributed by atoms with Gasteiger partial charge in [-0.25, -0.2) is 4.98 Å². The lowest BCUT2D eigenvalue weighted by Crippen LogP contribution is -2.21. The van der Waals surface area contributed by atoms with Crippen molar-refractivity contribution in [2.45, 2.75) is 37.6 Å². The number of hydrogen-bond donors (Lipinski definition) is 0. The summed E-state index contributed by atoms with van der Waals surface area (Å²) in [5.41, 5.74) is 1.22. The Morgan fingerprint density at radius 2 is 1.82 bits per heavy atom. The number of aryl methyl sites for hydroxylation is 1. The number of ether oxygens (including phenoxy) is 1. The van der Waals surface area contributed by atoms with Crippen LogP contribution in [0.5, 0.6) is 11.9 Å². The maximum Gasteiger partial charge on any atom is 0.328 e. The molecule has 28 heavy (non-hydrogen) atoms. The number of hydrogen-bond acceptors (Lipinski definition) is 8. The number of thioether (sulfide) groups is 1. The molecular weight excluding hydrogens is 372 g/mol. The molecule has 2 heterocycles. The molecule has 7 nitrogen and oxygen atoms in total. The molecule has 0 saturated heterocycles. The monoisotopic (exact) mass is 396 g/mol. The number of rotatable bonds is 9. The van der Waals surface area contributed by atoms with Crippen molar-refractivity contribution >= 4 is 17.7 Å². The maximum absolute atomic E-state index is 5.83. The zero-order valence-electron chi connectivity index (χ0n) is 16.4. The van der Waals surface area contributed by atoms with Gasteiger partial charge < -0.3 is 9.64 Å². The average Bonchev–Trinajstić information content (AvgIpc) is 2.73. The van der Waals surface area contributed by atoms with Crippen molar-refractivity contribution in [3.05, 3.63) is 54.0 Å². The molecule has 0 atom stereocenters. The summed E-state index contributed by atoms with van der Waals surface area (Å²) >= 11 is 1.56. The summed E-state index contributed by atoms with van der Waals surface area (Å²) < 4.78 is 5.83. The Kier molecular flexibility index (Phi) is 7.13. The summed E-state index contributed by atoms with van der Waals surface area (Å²) in [6.07, 6.45) is 3.39. The van der Waals surface area contributed by atoms with Gasteiger partial charge in [0.15, 0.2) is 5.16 Å². The van der Waals surface area contributed by atoms with E-state index in [0.29, 0.717) is 29.2 Å². The molecule has 0 radical (unpaired) electrons. The summed E-state index contributed by atoms with van der Waals surface area (Å²) in [5.74, 6) is 2.51. The van der Waals surface area contributed by atoms with Gasteiger partial charge >= 0.3 is 6.01 Å². The molecule has 3 aromatic rings. The third-order valence-electron chi connectivity index (χ3n) is 3.88. The zero-order valence-corrected chi connectivity index (χ0v) is 17.2. The van der Waals surface area contributed by atoms with Gasteiger partial charge in [0.05, 0.1) is 0 Å². The standard InChI is InChI=1S/C20H24N6OS/c1-4-13-26(3)18-22-16(5-2)23-19(25-18)27-17-11-12-21-20(24-17)28-14-15-9-7-6-8-10-15/h6-12H,4-5,13-14H2,1-3H3. The highest BCUT2D eigenvalue weighted by atomic mass is 32.2. The molecular formula is C20H24N6OS. The van der Waals surface area contributed by atoms with Gasteiger partial charge in [-0.3, -0.25) is 0 Å². The summed E-state index contributed by atoms with van der Waals surface area (Å²) in [6, 6.07) is 12.2. The van der Waals surface area contributed by atoms with E-state index >= 15 is 0 Å². The topological polar surface area (TPSA) is 76.9 Å². The van der Waals surface area contributed by atoms with Crippen LogP contribution in [0.15, 0.2) is 47.8 Å². The second-order valence-corrected chi connectivity index (χ2v) is 7.11. The normalized spacial score (nSPS) is 10.7. The van der Waals surface area contributed by atoms with E-state index in [0.717, 1.165) is 18.7 Å². The van der Waals surface area contributed by atoms with Crippen LogP contribution in [0.25, 0.3) is 0 Å². The Bertz CT molecular complexity index is 893. The molecule has 3 rings (SSSR count). The molecule has 1 aromatic carbocycles. The molecule has 8 heteroatoms. The summed E-state index contributed by atoms with van der Waals surface area (Å²) in [6.45, 7) is 4.98. The number of nitrogens with zero attached hydrogens (tertiary/aromatic N) is 6. The molecule has 0 unspecified atom stereocenters. The fourth-order valence-electron chi connectivity index (χ4n) is 2.46. The van der Waals surface area contributed by atoms with Crippen molar-refractivity contribution in [3.8, 4) is 11.9 Å². The van der Waals surface area contributed by atoms with Crippen molar-refractivity contribution in [2.24, 2.45) is 0 Å². The number of benzene rings is 1. The van der Waals surface area contributed by atoms with Crippen molar-refractivity contribution in [1.29, 1.82) is 0 Å². The van der Waals surface area contributed by atoms with Gasteiger partial charge in [0.1, 0.15) is 5.82 Å². The van der Waals surface area contributed by atoms with Crippen molar-refractivity contribution in [2.75, 3.05) is 18.5 Å². The largest absolute Gasteiger partial charge is 0.405 e. The van der Waals surface area contributed by atoms with Crippen LogP contribution in [0, 0.1) is 0 Å². The molecule has 2 aromatic heterocycles. The zero-order chi connectivity index (χ0) is 19.8. The van der Waals surface area contributed by atoms with E-state index in [2.05, 4.69) is 44.0 Å². The Morgan fingerprint density at radius 1 is 1.00 bits per heavy atom. The van der Waals surface area contributed by atoms with Crippen LogP contribution in [0.2, 0.25) is 0 Å². The van der Waals surface area contributed by atoms with Crippen LogP contribution in [0.4, 0.5) is 5.95 Å². The fourth-order valence-corrected chi connectivity index (χ4v) is 3.24. The Morgan fingerprint density at radius 3 is 2.57 bits per heavy atom. The van der Waals surface area contributed by atoms with E-state index in [1.54, 1.807) is 24.0 Å². The van der Waals surface area contributed by atoms with Crippen molar-refractivity contribution in [3.63, 3.8) is 0 Å². The second kappa shape index (κ2) is 9.98. The number of anilines is 1. The lowest BCUT2D eigenvalue weighted by Gasteiger charge is -2.16. The smallest absolute Gasteiger partial charge is 0.328 e. The van der Waals surface area contributed by atoms with Gasteiger partial charge in [0, 0.05) is 38.0 Å². The molecule has 0 N–H and O–H groups in total. The van der Waals surface area contributed by atoms with Crippen LogP contribution < -0.4 is 9.64 Å². The Labute approximate surface area is 169 Å². The van der Waals surface area contributed by atoms with E-state index in [9.17, 15) is 0 Å². The second-order valence-electron chi connectivity index (χ2n) is 6.16. The minimum absolute atomic E-state index is 0.252. The maximum atomic E-state index is 5.83. The van der Waals surface area contributed by atoms with Crippen molar-refractivity contribution < 1.29 is 4.74 Å². The highest BCUT2D eigenvalue weighted by Crippen LogP contribution is 2.23. The lowest BCUT2D eigenvalue weighted by molar-refractivity contribution is 0.414. The molecule has 0 aliphatic carbocycles. The highest BCUT2D eigenvalue weighted by Gasteiger charge is 2.12. The van der Waals surface area contributed by atoms with E-state index < -0.39 is 0 Å². The molecule has 0 fully saturated rings. The summed E-state index contributed by atoms with van der Waals surface area (Å²) in [7, 11) is 1.96. The third-order valence-corrected chi connectivity index (χ3v) is 4.81. The Hall–Kier alpha value is -2.74. The van der Waals surface area contributed by atoms with Crippen LogP contribution in [-0.4, -0.2) is 38.5 Å². The van der Waals surface area contributed by atoms with Crippen LogP contribution in [-0.2, 0) is 12.2 Å².